The molecule has 0 fully saturated rings. The predicted octanol–water partition coefficient (Wildman–Crippen LogP) is 8.63. The topological polar surface area (TPSA) is 29.5 Å². The lowest BCUT2D eigenvalue weighted by atomic mass is 10.1. The maximum Gasteiger partial charge on any atom is 0.254 e. The zero-order chi connectivity index (χ0) is 24.8. The molecule has 6 heteroatoms. The Hall–Kier alpha value is -2.98. The van der Waals surface area contributed by atoms with Gasteiger partial charge in [0.2, 0.25) is 0 Å². The van der Waals surface area contributed by atoms with E-state index in [0.29, 0.717) is 51.6 Å². The van der Waals surface area contributed by atoms with Crippen molar-refractivity contribution in [3.8, 4) is 11.5 Å². The minimum Gasteiger partial charge on any atom is -0.457 e. The Bertz CT molecular complexity index is 1320. The van der Waals surface area contributed by atoms with E-state index < -0.39 is 0 Å². The molecule has 0 bridgehead atoms. The fourth-order valence-corrected chi connectivity index (χ4v) is 4.41. The average Bonchev–Trinajstić information content (AvgIpc) is 2.84. The lowest BCUT2D eigenvalue weighted by Crippen LogP contribution is -2.33. The van der Waals surface area contributed by atoms with E-state index >= 15 is 0 Å². The van der Waals surface area contributed by atoms with Crippen molar-refractivity contribution in [1.82, 2.24) is 4.90 Å². The van der Waals surface area contributed by atoms with E-state index in [9.17, 15) is 4.79 Å². The van der Waals surface area contributed by atoms with Gasteiger partial charge in [0.15, 0.2) is 0 Å². The van der Waals surface area contributed by atoms with Crippen LogP contribution in [0.3, 0.4) is 0 Å². The first-order valence-corrected chi connectivity index (χ1v) is 12.3. The van der Waals surface area contributed by atoms with E-state index in [1.54, 1.807) is 18.2 Å². The normalized spacial score (nSPS) is 10.7. The highest BCUT2D eigenvalue weighted by Crippen LogP contribution is 2.26. The van der Waals surface area contributed by atoms with Crippen LogP contribution in [0.2, 0.25) is 15.1 Å². The molecule has 3 nitrogen and oxygen atoms in total. The van der Waals surface area contributed by atoms with Crippen molar-refractivity contribution in [1.29, 1.82) is 0 Å². The van der Waals surface area contributed by atoms with Crippen LogP contribution in [-0.4, -0.2) is 17.4 Å². The van der Waals surface area contributed by atoms with Crippen molar-refractivity contribution in [3.63, 3.8) is 0 Å². The van der Waals surface area contributed by atoms with Gasteiger partial charge in [-0.25, -0.2) is 0 Å². The molecule has 0 unspecified atom stereocenters. The first kappa shape index (κ1) is 25.1. The van der Waals surface area contributed by atoms with Crippen LogP contribution in [0.15, 0.2) is 91.0 Å². The first-order chi connectivity index (χ1) is 16.9. The van der Waals surface area contributed by atoms with Gasteiger partial charge in [0.25, 0.3) is 5.91 Å². The Kier molecular flexibility index (Phi) is 8.35. The van der Waals surface area contributed by atoms with Gasteiger partial charge in [-0.2, -0.15) is 0 Å². The molecule has 4 aromatic carbocycles. The minimum absolute atomic E-state index is 0.0304. The summed E-state index contributed by atoms with van der Waals surface area (Å²) in [7, 11) is 0. The molecule has 0 N–H and O–H groups in total. The maximum atomic E-state index is 13.6. The van der Waals surface area contributed by atoms with Crippen LogP contribution in [0.5, 0.6) is 11.5 Å². The summed E-state index contributed by atoms with van der Waals surface area (Å²) in [6.45, 7) is 2.87. The first-order valence-electron chi connectivity index (χ1n) is 11.2. The number of ether oxygens (including phenoxy) is 1. The van der Waals surface area contributed by atoms with Crippen molar-refractivity contribution in [2.45, 2.75) is 19.9 Å². The Labute approximate surface area is 220 Å². The van der Waals surface area contributed by atoms with Crippen LogP contribution in [-0.2, 0) is 13.0 Å². The number of halogens is 3. The fourth-order valence-electron chi connectivity index (χ4n) is 3.78. The molecule has 0 aliphatic heterocycles. The lowest BCUT2D eigenvalue weighted by Gasteiger charge is -2.24. The molecule has 0 heterocycles. The van der Waals surface area contributed by atoms with E-state index in [0.717, 1.165) is 16.7 Å². The summed E-state index contributed by atoms with van der Waals surface area (Å²) >= 11 is 18.4. The molecule has 35 heavy (non-hydrogen) atoms. The number of hydrogen-bond donors (Lipinski definition) is 0. The number of nitrogens with zero attached hydrogens (tertiary/aromatic N) is 1. The molecule has 0 radical (unpaired) electrons. The van der Waals surface area contributed by atoms with Crippen molar-refractivity contribution >= 4 is 40.7 Å². The Morgan fingerprint density at radius 2 is 1.54 bits per heavy atom. The van der Waals surface area contributed by atoms with Crippen LogP contribution in [0.1, 0.15) is 27.0 Å². The van der Waals surface area contributed by atoms with Crippen LogP contribution in [0.4, 0.5) is 0 Å². The lowest BCUT2D eigenvalue weighted by molar-refractivity contribution is 0.0744. The van der Waals surface area contributed by atoms with Gasteiger partial charge in [-0.05, 0) is 84.6 Å². The molecule has 1 amide bonds. The van der Waals surface area contributed by atoms with Gasteiger partial charge in [0.05, 0.1) is 0 Å². The highest BCUT2D eigenvalue weighted by molar-refractivity contribution is 6.35. The van der Waals surface area contributed by atoms with Gasteiger partial charge in [0.1, 0.15) is 11.5 Å². The van der Waals surface area contributed by atoms with Crippen LogP contribution in [0.25, 0.3) is 0 Å². The second-order valence-electron chi connectivity index (χ2n) is 8.23. The number of rotatable bonds is 8. The third kappa shape index (κ3) is 6.79. The van der Waals surface area contributed by atoms with Crippen LogP contribution in [0, 0.1) is 6.92 Å². The molecule has 4 aromatic rings. The quantitative estimate of drug-likeness (QED) is 0.231. The molecule has 0 aromatic heterocycles. The molecule has 178 valence electrons. The third-order valence-electron chi connectivity index (χ3n) is 5.65. The third-order valence-corrected chi connectivity index (χ3v) is 6.49. The number of benzene rings is 4. The zero-order valence-electron chi connectivity index (χ0n) is 19.2. The van der Waals surface area contributed by atoms with E-state index in [2.05, 4.69) is 0 Å². The molecule has 0 saturated heterocycles. The van der Waals surface area contributed by atoms with Crippen LogP contribution < -0.4 is 4.74 Å². The molecule has 0 saturated carbocycles. The SMILES string of the molecule is Cc1ccccc1C(=O)N(CCc1ccc(Cl)cc1Cl)Cc1cccc(Oc2ccc(Cl)cc2)c1. The highest BCUT2D eigenvalue weighted by Gasteiger charge is 2.19. The molecule has 4 rings (SSSR count). The summed E-state index contributed by atoms with van der Waals surface area (Å²) in [6, 6.07) is 28.0. The van der Waals surface area contributed by atoms with Crippen molar-refractivity contribution in [2.24, 2.45) is 0 Å². The minimum atomic E-state index is -0.0304. The Morgan fingerprint density at radius 3 is 2.29 bits per heavy atom. The van der Waals surface area contributed by atoms with E-state index in [1.807, 2.05) is 84.6 Å². The smallest absolute Gasteiger partial charge is 0.254 e. The van der Waals surface area contributed by atoms with Gasteiger partial charge in [-0.15, -0.1) is 0 Å². The van der Waals surface area contributed by atoms with Gasteiger partial charge in [-0.3, -0.25) is 4.79 Å². The fraction of sp³-hybridized carbons (Fsp3) is 0.138. The van der Waals surface area contributed by atoms with Gasteiger partial charge < -0.3 is 9.64 Å². The summed E-state index contributed by atoms with van der Waals surface area (Å²) in [6.07, 6.45) is 0.606. The van der Waals surface area contributed by atoms with Gasteiger partial charge in [-0.1, -0.05) is 71.2 Å². The standard InChI is InChI=1S/C29H24Cl3NO2/c1-20-5-2-3-8-27(20)29(34)33(16-15-22-9-10-24(31)18-28(22)32)19-21-6-4-7-26(17-21)35-25-13-11-23(30)12-14-25/h2-14,17-18H,15-16,19H2,1H3. The number of aryl methyl sites for hydroxylation is 1. The number of hydrogen-bond acceptors (Lipinski definition) is 2. The monoisotopic (exact) mass is 523 g/mol. The summed E-state index contributed by atoms with van der Waals surface area (Å²) in [5.41, 5.74) is 3.52. The average molecular weight is 525 g/mol. The Balaban J connectivity index is 1.56. The van der Waals surface area contributed by atoms with Gasteiger partial charge >= 0.3 is 0 Å². The molecule has 0 spiro atoms. The van der Waals surface area contributed by atoms with Crippen molar-refractivity contribution in [2.75, 3.05) is 6.54 Å². The highest BCUT2D eigenvalue weighted by atomic mass is 35.5. The molecule has 0 aliphatic rings. The molecule has 0 aliphatic carbocycles. The predicted molar refractivity (Wildman–Crippen MR) is 144 cm³/mol. The summed E-state index contributed by atoms with van der Waals surface area (Å²) in [5, 5.41) is 1.83. The maximum absolute atomic E-state index is 13.6. The summed E-state index contributed by atoms with van der Waals surface area (Å²) in [4.78, 5) is 15.4. The van der Waals surface area contributed by atoms with E-state index in [1.165, 1.54) is 0 Å². The largest absolute Gasteiger partial charge is 0.457 e. The molecular formula is C29H24Cl3NO2. The van der Waals surface area contributed by atoms with E-state index in [4.69, 9.17) is 39.5 Å². The van der Waals surface area contributed by atoms with Crippen LogP contribution >= 0.6 is 34.8 Å². The molecular weight excluding hydrogens is 501 g/mol. The van der Waals surface area contributed by atoms with E-state index in [-0.39, 0.29) is 5.91 Å². The Morgan fingerprint density at radius 1 is 0.800 bits per heavy atom. The van der Waals surface area contributed by atoms with Gasteiger partial charge in [0, 0.05) is 33.7 Å². The summed E-state index contributed by atoms with van der Waals surface area (Å²) in [5.74, 6) is 1.35. The second-order valence-corrected chi connectivity index (χ2v) is 9.51. The number of carbonyl (C=O) groups is 1. The van der Waals surface area contributed by atoms with Crippen molar-refractivity contribution < 1.29 is 9.53 Å². The molecule has 0 atom stereocenters. The number of amides is 1. The summed E-state index contributed by atoms with van der Waals surface area (Å²) < 4.78 is 5.98. The zero-order valence-corrected chi connectivity index (χ0v) is 21.4. The van der Waals surface area contributed by atoms with Crippen molar-refractivity contribution in [3.05, 3.63) is 128 Å². The second kappa shape index (κ2) is 11.6. The number of carbonyl (C=O) groups excluding carboxylic acids is 1.